The van der Waals surface area contributed by atoms with Crippen molar-refractivity contribution in [3.63, 3.8) is 0 Å². The number of nitrogens with one attached hydrogen (secondary N) is 3. The molecule has 0 radical (unpaired) electrons. The summed E-state index contributed by atoms with van der Waals surface area (Å²) in [5.41, 5.74) is 2.15. The first-order valence-corrected chi connectivity index (χ1v) is 9.33. The SMILES string of the molecule is COc1cccc(NC(=S)N[C@@H](C[NH+]2CCOCC2)c2ccccc2)c1. The van der Waals surface area contributed by atoms with Crippen molar-refractivity contribution in [2.24, 2.45) is 0 Å². The normalized spacial score (nSPS) is 15.9. The molecule has 1 heterocycles. The summed E-state index contributed by atoms with van der Waals surface area (Å²) in [5, 5.41) is 7.36. The van der Waals surface area contributed by atoms with Crippen molar-refractivity contribution in [1.82, 2.24) is 5.32 Å². The molecule has 1 atom stereocenters. The lowest BCUT2D eigenvalue weighted by atomic mass is 10.1. The highest BCUT2D eigenvalue weighted by molar-refractivity contribution is 7.80. The minimum absolute atomic E-state index is 0.148. The van der Waals surface area contributed by atoms with Gasteiger partial charge in [-0.3, -0.25) is 0 Å². The molecule has 0 bridgehead atoms. The van der Waals surface area contributed by atoms with Gasteiger partial charge >= 0.3 is 0 Å². The molecule has 3 N–H and O–H groups in total. The van der Waals surface area contributed by atoms with E-state index in [4.69, 9.17) is 21.7 Å². The van der Waals surface area contributed by atoms with E-state index in [0.717, 1.165) is 44.3 Å². The van der Waals surface area contributed by atoms with Crippen LogP contribution in [-0.2, 0) is 4.74 Å². The average Bonchev–Trinajstić information content (AvgIpc) is 2.69. The smallest absolute Gasteiger partial charge is 0.171 e. The van der Waals surface area contributed by atoms with Crippen molar-refractivity contribution in [2.75, 3.05) is 45.3 Å². The third-order valence-electron chi connectivity index (χ3n) is 4.53. The van der Waals surface area contributed by atoms with Crippen molar-refractivity contribution >= 4 is 23.0 Å². The Kier molecular flexibility index (Phi) is 6.82. The number of morpholine rings is 1. The van der Waals surface area contributed by atoms with Gasteiger partial charge in [0.25, 0.3) is 0 Å². The second-order valence-electron chi connectivity index (χ2n) is 6.36. The monoisotopic (exact) mass is 372 g/mol. The summed E-state index contributed by atoms with van der Waals surface area (Å²) in [5.74, 6) is 0.801. The fourth-order valence-corrected chi connectivity index (χ4v) is 3.38. The molecule has 0 aliphatic carbocycles. The van der Waals surface area contributed by atoms with Crippen molar-refractivity contribution < 1.29 is 14.4 Å². The number of ether oxygens (including phenoxy) is 2. The predicted octanol–water partition coefficient (Wildman–Crippen LogP) is 1.64. The first-order valence-electron chi connectivity index (χ1n) is 8.92. The van der Waals surface area contributed by atoms with Gasteiger partial charge in [0.2, 0.25) is 0 Å². The van der Waals surface area contributed by atoms with Crippen LogP contribution in [0.15, 0.2) is 54.6 Å². The van der Waals surface area contributed by atoms with Gasteiger partial charge < -0.3 is 25.0 Å². The van der Waals surface area contributed by atoms with E-state index in [2.05, 4.69) is 34.9 Å². The topological polar surface area (TPSA) is 47.0 Å². The van der Waals surface area contributed by atoms with Gasteiger partial charge in [0.15, 0.2) is 5.11 Å². The van der Waals surface area contributed by atoms with Gasteiger partial charge in [-0.1, -0.05) is 36.4 Å². The molecule has 6 heteroatoms. The van der Waals surface area contributed by atoms with Gasteiger partial charge in [0, 0.05) is 11.8 Å². The zero-order valence-corrected chi connectivity index (χ0v) is 15.9. The minimum atomic E-state index is 0.148. The molecule has 0 spiro atoms. The number of hydrogen-bond donors (Lipinski definition) is 3. The molecule has 0 aromatic heterocycles. The average molecular weight is 373 g/mol. The van der Waals surface area contributed by atoms with Crippen LogP contribution in [0.1, 0.15) is 11.6 Å². The van der Waals surface area contributed by atoms with Crippen LogP contribution in [0.2, 0.25) is 0 Å². The van der Waals surface area contributed by atoms with E-state index >= 15 is 0 Å². The van der Waals surface area contributed by atoms with Gasteiger partial charge in [0.05, 0.1) is 20.3 Å². The quantitative estimate of drug-likeness (QED) is 0.673. The Morgan fingerprint density at radius 1 is 1.15 bits per heavy atom. The molecule has 2 aromatic carbocycles. The maximum atomic E-state index is 5.56. The van der Waals surface area contributed by atoms with Crippen LogP contribution >= 0.6 is 12.2 Å². The zero-order chi connectivity index (χ0) is 18.2. The Bertz CT molecular complexity index is 705. The maximum absolute atomic E-state index is 5.56. The van der Waals surface area contributed by atoms with Gasteiger partial charge in [0.1, 0.15) is 31.4 Å². The summed E-state index contributed by atoms with van der Waals surface area (Å²) < 4.78 is 10.7. The number of methoxy groups -OCH3 is 1. The van der Waals surface area contributed by atoms with Crippen LogP contribution in [0.3, 0.4) is 0 Å². The predicted molar refractivity (Wildman–Crippen MR) is 108 cm³/mol. The summed E-state index contributed by atoms with van der Waals surface area (Å²) in [4.78, 5) is 1.53. The molecule has 1 saturated heterocycles. The fraction of sp³-hybridized carbons (Fsp3) is 0.350. The van der Waals surface area contributed by atoms with E-state index in [9.17, 15) is 0 Å². The zero-order valence-electron chi connectivity index (χ0n) is 15.0. The summed E-state index contributed by atoms with van der Waals surface area (Å²) >= 11 is 5.56. The number of thiocarbonyl (C=S) groups is 1. The van der Waals surface area contributed by atoms with Gasteiger partial charge in [-0.15, -0.1) is 0 Å². The largest absolute Gasteiger partial charge is 0.497 e. The van der Waals surface area contributed by atoms with Gasteiger partial charge in [-0.05, 0) is 29.9 Å². The molecular formula is C20H26N3O2S+. The molecule has 5 nitrogen and oxygen atoms in total. The molecule has 26 heavy (non-hydrogen) atoms. The Balaban J connectivity index is 1.66. The highest BCUT2D eigenvalue weighted by Crippen LogP contribution is 2.17. The van der Waals surface area contributed by atoms with E-state index in [0.29, 0.717) is 5.11 Å². The lowest BCUT2D eigenvalue weighted by Gasteiger charge is -2.29. The number of benzene rings is 2. The third-order valence-corrected chi connectivity index (χ3v) is 4.75. The summed E-state index contributed by atoms with van der Waals surface area (Å²) in [7, 11) is 1.66. The number of hydrogen-bond acceptors (Lipinski definition) is 3. The molecule has 1 aliphatic heterocycles. The van der Waals surface area contributed by atoms with E-state index in [1.165, 1.54) is 10.5 Å². The Labute approximate surface area is 160 Å². The first-order chi connectivity index (χ1) is 12.7. The van der Waals surface area contributed by atoms with Crippen molar-refractivity contribution in [3.05, 3.63) is 60.2 Å². The highest BCUT2D eigenvalue weighted by atomic mass is 32.1. The number of quaternary nitrogens is 1. The van der Waals surface area contributed by atoms with Crippen LogP contribution in [0.25, 0.3) is 0 Å². The fourth-order valence-electron chi connectivity index (χ4n) is 3.12. The second kappa shape index (κ2) is 9.52. The molecule has 1 fully saturated rings. The minimum Gasteiger partial charge on any atom is -0.497 e. The molecule has 2 aromatic rings. The third kappa shape index (κ3) is 5.42. The Hall–Kier alpha value is -2.15. The van der Waals surface area contributed by atoms with E-state index < -0.39 is 0 Å². The van der Waals surface area contributed by atoms with Crippen molar-refractivity contribution in [2.45, 2.75) is 6.04 Å². The summed E-state index contributed by atoms with van der Waals surface area (Å²) in [6, 6.07) is 18.4. The Morgan fingerprint density at radius 3 is 2.65 bits per heavy atom. The number of anilines is 1. The van der Waals surface area contributed by atoms with E-state index in [-0.39, 0.29) is 6.04 Å². The lowest BCUT2D eigenvalue weighted by Crippen LogP contribution is -3.14. The molecule has 1 aliphatic rings. The molecular weight excluding hydrogens is 346 g/mol. The van der Waals surface area contributed by atoms with Crippen LogP contribution in [0, 0.1) is 0 Å². The first kappa shape index (κ1) is 18.6. The van der Waals surface area contributed by atoms with Crippen molar-refractivity contribution in [3.8, 4) is 5.75 Å². The van der Waals surface area contributed by atoms with E-state index in [1.54, 1.807) is 7.11 Å². The molecule has 3 rings (SSSR count). The Morgan fingerprint density at radius 2 is 1.92 bits per heavy atom. The molecule has 0 unspecified atom stereocenters. The molecule has 0 amide bonds. The maximum Gasteiger partial charge on any atom is 0.171 e. The van der Waals surface area contributed by atoms with Crippen LogP contribution in [0.5, 0.6) is 5.75 Å². The molecule has 138 valence electrons. The summed E-state index contributed by atoms with van der Waals surface area (Å²) in [6.07, 6.45) is 0. The van der Waals surface area contributed by atoms with E-state index in [1.807, 2.05) is 30.3 Å². The van der Waals surface area contributed by atoms with Crippen LogP contribution < -0.4 is 20.3 Å². The second-order valence-corrected chi connectivity index (χ2v) is 6.77. The standard InChI is InChI=1S/C20H25N3O2S/c1-24-18-9-5-8-17(14-18)21-20(26)22-19(16-6-3-2-4-7-16)15-23-10-12-25-13-11-23/h2-9,14,19H,10-13,15H2,1H3,(H2,21,22,26)/p+1/t19-/m0/s1. The van der Waals surface area contributed by atoms with Gasteiger partial charge in [-0.2, -0.15) is 0 Å². The van der Waals surface area contributed by atoms with Crippen molar-refractivity contribution in [1.29, 1.82) is 0 Å². The number of rotatable bonds is 6. The molecule has 0 saturated carbocycles. The van der Waals surface area contributed by atoms with Crippen LogP contribution in [-0.4, -0.2) is 45.1 Å². The van der Waals surface area contributed by atoms with Gasteiger partial charge in [-0.25, -0.2) is 0 Å². The highest BCUT2D eigenvalue weighted by Gasteiger charge is 2.22. The summed E-state index contributed by atoms with van der Waals surface area (Å²) in [6.45, 7) is 4.67. The van der Waals surface area contributed by atoms with Crippen LogP contribution in [0.4, 0.5) is 5.69 Å². The lowest BCUT2D eigenvalue weighted by molar-refractivity contribution is -0.909.